The molecule has 0 unspecified atom stereocenters. The smallest absolute Gasteiger partial charge is 0.127 e. The monoisotopic (exact) mass is 378 g/mol. The second kappa shape index (κ2) is 23.4. The summed E-state index contributed by atoms with van der Waals surface area (Å²) in [6.07, 6.45) is 19.8. The summed E-state index contributed by atoms with van der Waals surface area (Å²) < 4.78 is -0.750. The van der Waals surface area contributed by atoms with Gasteiger partial charge in [0.05, 0.1) is 0 Å². The minimum atomic E-state index is -0.750. The summed E-state index contributed by atoms with van der Waals surface area (Å²) in [5.41, 5.74) is 0. The van der Waals surface area contributed by atoms with Crippen LogP contribution in [0.2, 0.25) is 0 Å². The Kier molecular flexibility index (Phi) is 27.2. The van der Waals surface area contributed by atoms with Crippen molar-refractivity contribution in [2.24, 2.45) is 0 Å². The lowest BCUT2D eigenvalue weighted by Crippen LogP contribution is -1.83. The third-order valence-corrected chi connectivity index (χ3v) is 3.75. The standard InChI is InChI=1S/C16H33Cl.CHCl3/c1-2-3-4-5-6-7-8-9-10-11-12-13-14-15-16-17;2-1(3)4/h2-16H2,1H3;1H. The van der Waals surface area contributed by atoms with Gasteiger partial charge in [-0.1, -0.05) is 125 Å². The maximum absolute atomic E-state index is 5.64. The lowest BCUT2D eigenvalue weighted by atomic mass is 10.0. The van der Waals surface area contributed by atoms with E-state index in [1.165, 1.54) is 89.9 Å². The summed E-state index contributed by atoms with van der Waals surface area (Å²) in [6, 6.07) is 0. The van der Waals surface area contributed by atoms with Gasteiger partial charge in [-0.05, 0) is 6.42 Å². The molecule has 4 heteroatoms. The molecule has 0 spiro atoms. The van der Waals surface area contributed by atoms with Gasteiger partial charge in [0, 0.05) is 5.88 Å². The molecule has 0 radical (unpaired) electrons. The molecule has 130 valence electrons. The van der Waals surface area contributed by atoms with Gasteiger partial charge in [-0.25, -0.2) is 0 Å². The summed E-state index contributed by atoms with van der Waals surface area (Å²) in [7, 11) is 0. The summed E-state index contributed by atoms with van der Waals surface area (Å²) in [6.45, 7) is 2.28. The first-order chi connectivity index (χ1) is 10.1. The third kappa shape index (κ3) is 33.8. The minimum Gasteiger partial charge on any atom is -0.127 e. The number of halogens is 4. The highest BCUT2D eigenvalue weighted by Gasteiger charge is 1.93. The fourth-order valence-corrected chi connectivity index (χ4v) is 2.48. The highest BCUT2D eigenvalue weighted by molar-refractivity contribution is 6.63. The average Bonchev–Trinajstić information content (AvgIpc) is 2.43. The molecular formula is C17H34Cl4. The van der Waals surface area contributed by atoms with E-state index < -0.39 is 4.30 Å². The molecule has 0 fully saturated rings. The molecule has 0 N–H and O–H groups in total. The van der Waals surface area contributed by atoms with Crippen molar-refractivity contribution in [3.63, 3.8) is 0 Å². The molecule has 0 heterocycles. The van der Waals surface area contributed by atoms with Crippen molar-refractivity contribution in [3.05, 3.63) is 0 Å². The molecule has 0 aromatic rings. The van der Waals surface area contributed by atoms with Crippen LogP contribution in [0.1, 0.15) is 96.8 Å². The highest BCUT2D eigenvalue weighted by Crippen LogP contribution is 2.12. The molecule has 0 saturated heterocycles. The zero-order valence-corrected chi connectivity index (χ0v) is 16.7. The van der Waals surface area contributed by atoms with Crippen LogP contribution in [0.25, 0.3) is 0 Å². The maximum atomic E-state index is 5.64. The largest absolute Gasteiger partial charge is 0.180 e. The first-order valence-electron chi connectivity index (χ1n) is 8.63. The summed E-state index contributed by atoms with van der Waals surface area (Å²) in [5.74, 6) is 0.845. The molecule has 0 aromatic carbocycles. The van der Waals surface area contributed by atoms with Gasteiger partial charge in [0.1, 0.15) is 0 Å². The Bertz CT molecular complexity index is 146. The maximum Gasteiger partial charge on any atom is 0.180 e. The molecule has 21 heavy (non-hydrogen) atoms. The summed E-state index contributed by atoms with van der Waals surface area (Å²) in [5, 5.41) is 0. The Balaban J connectivity index is 0. The zero-order valence-electron chi connectivity index (χ0n) is 13.7. The molecule has 0 aliphatic carbocycles. The van der Waals surface area contributed by atoms with Gasteiger partial charge >= 0.3 is 0 Å². The van der Waals surface area contributed by atoms with Crippen molar-refractivity contribution < 1.29 is 0 Å². The Morgan fingerprint density at radius 1 is 0.524 bits per heavy atom. The lowest BCUT2D eigenvalue weighted by Gasteiger charge is -2.02. The highest BCUT2D eigenvalue weighted by atomic mass is 35.6. The van der Waals surface area contributed by atoms with Crippen LogP contribution in [0.5, 0.6) is 0 Å². The zero-order chi connectivity index (χ0) is 16.2. The molecule has 0 saturated carbocycles. The number of alkyl halides is 4. The van der Waals surface area contributed by atoms with Crippen LogP contribution < -0.4 is 0 Å². The van der Waals surface area contributed by atoms with Crippen LogP contribution in [0, 0.1) is 0 Å². The topological polar surface area (TPSA) is 0 Å². The third-order valence-electron chi connectivity index (χ3n) is 3.49. The van der Waals surface area contributed by atoms with E-state index in [4.69, 9.17) is 46.4 Å². The summed E-state index contributed by atoms with van der Waals surface area (Å²) >= 11 is 20.1. The van der Waals surface area contributed by atoms with Gasteiger partial charge in [0.2, 0.25) is 0 Å². The van der Waals surface area contributed by atoms with Gasteiger partial charge in [0.25, 0.3) is 0 Å². The van der Waals surface area contributed by atoms with E-state index in [-0.39, 0.29) is 0 Å². The van der Waals surface area contributed by atoms with E-state index in [0.29, 0.717) is 0 Å². The second-order valence-electron chi connectivity index (χ2n) is 5.53. The molecule has 0 aliphatic heterocycles. The molecule has 0 bridgehead atoms. The fraction of sp³-hybridized carbons (Fsp3) is 1.00. The first kappa shape index (κ1) is 24.4. The number of rotatable bonds is 14. The SMILES string of the molecule is CCCCCCCCCCCCCCCCCl.ClC(Cl)Cl. The van der Waals surface area contributed by atoms with Crippen molar-refractivity contribution in [3.8, 4) is 0 Å². The molecule has 0 nitrogen and oxygen atoms in total. The Morgan fingerprint density at radius 2 is 0.762 bits per heavy atom. The predicted molar refractivity (Wildman–Crippen MR) is 102 cm³/mol. The van der Waals surface area contributed by atoms with E-state index in [1.807, 2.05) is 0 Å². The second-order valence-corrected chi connectivity index (χ2v) is 7.89. The van der Waals surface area contributed by atoms with Crippen molar-refractivity contribution >= 4 is 46.4 Å². The van der Waals surface area contributed by atoms with Crippen LogP contribution >= 0.6 is 46.4 Å². The van der Waals surface area contributed by atoms with Gasteiger partial charge in [-0.3, -0.25) is 0 Å². The quantitative estimate of drug-likeness (QED) is 0.209. The van der Waals surface area contributed by atoms with Crippen molar-refractivity contribution in [2.45, 2.75) is 101 Å². The predicted octanol–water partition coefficient (Wildman–Crippen LogP) is 8.69. The van der Waals surface area contributed by atoms with E-state index in [9.17, 15) is 0 Å². The van der Waals surface area contributed by atoms with Gasteiger partial charge in [-0.2, -0.15) is 0 Å². The normalized spacial score (nSPS) is 10.6. The molecule has 0 aliphatic rings. The fourth-order valence-electron chi connectivity index (χ4n) is 2.29. The van der Waals surface area contributed by atoms with E-state index >= 15 is 0 Å². The van der Waals surface area contributed by atoms with Crippen LogP contribution in [0.4, 0.5) is 0 Å². The molecule has 0 amide bonds. The molecule has 0 rings (SSSR count). The van der Waals surface area contributed by atoms with Gasteiger partial charge in [0.15, 0.2) is 4.30 Å². The van der Waals surface area contributed by atoms with Crippen LogP contribution in [0.15, 0.2) is 0 Å². The Morgan fingerprint density at radius 3 is 1.00 bits per heavy atom. The molecule has 0 atom stereocenters. The van der Waals surface area contributed by atoms with Crippen LogP contribution in [-0.4, -0.2) is 10.2 Å². The molecular weight excluding hydrogens is 346 g/mol. The van der Waals surface area contributed by atoms with E-state index in [2.05, 4.69) is 6.92 Å². The van der Waals surface area contributed by atoms with E-state index in [0.717, 1.165) is 5.88 Å². The number of unbranched alkanes of at least 4 members (excludes halogenated alkanes) is 13. The average molecular weight is 380 g/mol. The Labute approximate surface area is 153 Å². The number of hydrogen-bond acceptors (Lipinski definition) is 0. The van der Waals surface area contributed by atoms with E-state index in [1.54, 1.807) is 0 Å². The molecule has 0 aromatic heterocycles. The Hall–Kier alpha value is 1.16. The van der Waals surface area contributed by atoms with Crippen LogP contribution in [0.3, 0.4) is 0 Å². The first-order valence-corrected chi connectivity index (χ1v) is 10.5. The lowest BCUT2D eigenvalue weighted by molar-refractivity contribution is 0.538. The van der Waals surface area contributed by atoms with Crippen LogP contribution in [-0.2, 0) is 0 Å². The van der Waals surface area contributed by atoms with Crippen molar-refractivity contribution in [1.29, 1.82) is 0 Å². The van der Waals surface area contributed by atoms with Crippen molar-refractivity contribution in [2.75, 3.05) is 5.88 Å². The number of hydrogen-bond donors (Lipinski definition) is 0. The van der Waals surface area contributed by atoms with Gasteiger partial charge < -0.3 is 0 Å². The van der Waals surface area contributed by atoms with Gasteiger partial charge in [-0.15, -0.1) is 11.6 Å². The minimum absolute atomic E-state index is 0.750. The summed E-state index contributed by atoms with van der Waals surface area (Å²) in [4.78, 5) is 0. The van der Waals surface area contributed by atoms with Crippen molar-refractivity contribution in [1.82, 2.24) is 0 Å².